The highest BCUT2D eigenvalue weighted by Gasteiger charge is 2.68. The molecule has 1 aliphatic heterocycles. The lowest BCUT2D eigenvalue weighted by Crippen LogP contribution is -2.49. The highest BCUT2D eigenvalue weighted by Crippen LogP contribution is 2.67. The fourth-order valence-electron chi connectivity index (χ4n) is 6.77. The molecule has 4 heteroatoms. The highest BCUT2D eigenvalue weighted by atomic mass is 16.5. The van der Waals surface area contributed by atoms with Crippen LogP contribution in [-0.4, -0.2) is 11.8 Å². The molecule has 4 nitrogen and oxygen atoms in total. The Morgan fingerprint density at radius 3 is 1.75 bits per heavy atom. The zero-order chi connectivity index (χ0) is 24.6. The molecule has 176 valence electrons. The van der Waals surface area contributed by atoms with Crippen LogP contribution in [-0.2, 0) is 9.59 Å². The van der Waals surface area contributed by atoms with Gasteiger partial charge in [0.2, 0.25) is 11.8 Å². The molecule has 1 saturated heterocycles. The normalized spacial score (nSPS) is 25.4. The van der Waals surface area contributed by atoms with Crippen molar-refractivity contribution in [2.45, 2.75) is 25.7 Å². The molecule has 2 bridgehead atoms. The highest BCUT2D eigenvalue weighted by molar-refractivity contribution is 6.25. The van der Waals surface area contributed by atoms with E-state index >= 15 is 0 Å². The average Bonchev–Trinajstić information content (AvgIpc) is 3.11. The van der Waals surface area contributed by atoms with Gasteiger partial charge in [-0.1, -0.05) is 66.2 Å². The number of aryl methyl sites for hydroxylation is 1. The summed E-state index contributed by atoms with van der Waals surface area (Å²) in [7, 11) is 0. The molecule has 4 aliphatic rings. The van der Waals surface area contributed by atoms with Gasteiger partial charge in [0, 0.05) is 11.8 Å². The van der Waals surface area contributed by atoms with Crippen LogP contribution < -0.4 is 9.64 Å². The van der Waals surface area contributed by atoms with E-state index in [1.807, 2.05) is 86.6 Å². The predicted octanol–water partition coefficient (Wildman–Crippen LogP) is 6.57. The number of hydrogen-bond donors (Lipinski definition) is 0. The molecular formula is C32H25NO3. The van der Waals surface area contributed by atoms with Gasteiger partial charge in [0.25, 0.3) is 0 Å². The molecule has 0 saturated carbocycles. The van der Waals surface area contributed by atoms with Crippen LogP contribution >= 0.6 is 0 Å². The Balaban J connectivity index is 1.28. The smallest absolute Gasteiger partial charge is 0.241 e. The van der Waals surface area contributed by atoms with Crippen LogP contribution in [0.4, 0.5) is 5.69 Å². The number of anilines is 1. The van der Waals surface area contributed by atoms with Gasteiger partial charge in [-0.25, -0.2) is 4.90 Å². The first-order valence-electron chi connectivity index (χ1n) is 12.4. The van der Waals surface area contributed by atoms with Crippen LogP contribution in [0.2, 0.25) is 0 Å². The largest absolute Gasteiger partial charge is 0.457 e. The number of benzene rings is 4. The van der Waals surface area contributed by atoms with E-state index in [1.54, 1.807) is 0 Å². The summed E-state index contributed by atoms with van der Waals surface area (Å²) in [5.74, 6) is 0.460. The monoisotopic (exact) mass is 471 g/mol. The Morgan fingerprint density at radius 1 is 0.694 bits per heavy atom. The Labute approximate surface area is 210 Å². The number of amides is 2. The molecule has 3 aliphatic carbocycles. The van der Waals surface area contributed by atoms with Gasteiger partial charge in [-0.2, -0.15) is 0 Å². The Hall–Kier alpha value is -4.18. The molecule has 0 radical (unpaired) electrons. The number of carbonyl (C=O) groups excluding carboxylic acids is 2. The maximum absolute atomic E-state index is 14.2. The maximum Gasteiger partial charge on any atom is 0.241 e. The van der Waals surface area contributed by atoms with Gasteiger partial charge in [0.15, 0.2) is 0 Å². The standard InChI is InChI=1S/C32H25NO3/c1-19-11-15-21(16-12-19)36-22-17-13-20(14-18-22)33-30(34)29-27-23-7-3-5-9-25(23)28(32(29,2)31(33)35)26-10-6-4-8-24(26)27/h3-18,27-29H,1-2H3/t27?,28?,29-,32+/m1/s1. The predicted molar refractivity (Wildman–Crippen MR) is 138 cm³/mol. The fraction of sp³-hybridized carbons (Fsp3) is 0.188. The van der Waals surface area contributed by atoms with E-state index in [9.17, 15) is 9.59 Å². The van der Waals surface area contributed by atoms with E-state index in [0.29, 0.717) is 11.4 Å². The summed E-state index contributed by atoms with van der Waals surface area (Å²) < 4.78 is 5.96. The number of hydrogen-bond acceptors (Lipinski definition) is 3. The van der Waals surface area contributed by atoms with Crippen molar-refractivity contribution < 1.29 is 14.3 Å². The minimum absolute atomic E-state index is 0.117. The quantitative estimate of drug-likeness (QED) is 0.317. The van der Waals surface area contributed by atoms with Crippen molar-refractivity contribution in [1.29, 1.82) is 0 Å². The maximum atomic E-state index is 14.2. The number of rotatable bonds is 3. The Bertz CT molecular complexity index is 1490. The van der Waals surface area contributed by atoms with Crippen molar-refractivity contribution in [2.75, 3.05) is 4.90 Å². The molecule has 2 atom stereocenters. The molecule has 36 heavy (non-hydrogen) atoms. The van der Waals surface area contributed by atoms with Crippen LogP contribution in [0, 0.1) is 18.3 Å². The summed E-state index contributed by atoms with van der Waals surface area (Å²) in [5.41, 5.74) is 5.61. The fourth-order valence-corrected chi connectivity index (χ4v) is 6.77. The molecule has 4 aromatic carbocycles. The van der Waals surface area contributed by atoms with Crippen LogP contribution in [0.15, 0.2) is 97.1 Å². The second kappa shape index (κ2) is 7.41. The van der Waals surface area contributed by atoms with Gasteiger partial charge in [-0.05, 0) is 72.5 Å². The van der Waals surface area contributed by atoms with Gasteiger partial charge < -0.3 is 4.74 Å². The summed E-state index contributed by atoms with van der Waals surface area (Å²) in [6, 6.07) is 31.7. The third-order valence-corrected chi connectivity index (χ3v) is 8.37. The summed E-state index contributed by atoms with van der Waals surface area (Å²) in [6.45, 7) is 4.03. The molecule has 8 rings (SSSR count). The van der Waals surface area contributed by atoms with E-state index in [0.717, 1.165) is 11.3 Å². The number of ether oxygens (including phenoxy) is 1. The second-order valence-electron chi connectivity index (χ2n) is 10.3. The first kappa shape index (κ1) is 21.1. The van der Waals surface area contributed by atoms with Gasteiger partial charge in [-0.15, -0.1) is 0 Å². The summed E-state index contributed by atoms with van der Waals surface area (Å²) in [4.78, 5) is 29.6. The molecule has 0 aromatic heterocycles. The molecule has 1 heterocycles. The van der Waals surface area contributed by atoms with E-state index < -0.39 is 11.3 Å². The number of imide groups is 1. The summed E-state index contributed by atoms with van der Waals surface area (Å²) >= 11 is 0. The van der Waals surface area contributed by atoms with Crippen LogP contribution in [0.5, 0.6) is 11.5 Å². The topological polar surface area (TPSA) is 46.6 Å². The second-order valence-corrected chi connectivity index (χ2v) is 10.3. The van der Waals surface area contributed by atoms with Crippen molar-refractivity contribution in [2.24, 2.45) is 11.3 Å². The van der Waals surface area contributed by atoms with Crippen molar-refractivity contribution in [1.82, 2.24) is 0 Å². The van der Waals surface area contributed by atoms with Gasteiger partial charge >= 0.3 is 0 Å². The van der Waals surface area contributed by atoms with Gasteiger partial charge in [-0.3, -0.25) is 9.59 Å². The molecule has 2 amide bonds. The molecule has 0 unspecified atom stereocenters. The van der Waals surface area contributed by atoms with Crippen molar-refractivity contribution in [3.8, 4) is 11.5 Å². The van der Waals surface area contributed by atoms with Crippen LogP contribution in [0.3, 0.4) is 0 Å². The lowest BCUT2D eigenvalue weighted by atomic mass is 9.48. The third kappa shape index (κ3) is 2.70. The van der Waals surface area contributed by atoms with Crippen molar-refractivity contribution >= 4 is 17.5 Å². The summed E-state index contributed by atoms with van der Waals surface area (Å²) in [6.07, 6.45) is 0. The van der Waals surface area contributed by atoms with Gasteiger partial charge in [0.05, 0.1) is 17.0 Å². The van der Waals surface area contributed by atoms with Crippen LogP contribution in [0.1, 0.15) is 46.6 Å². The molecule has 0 N–H and O–H groups in total. The Kier molecular flexibility index (Phi) is 4.35. The molecular weight excluding hydrogens is 446 g/mol. The minimum atomic E-state index is -0.832. The van der Waals surface area contributed by atoms with E-state index in [4.69, 9.17) is 4.74 Å². The third-order valence-electron chi connectivity index (χ3n) is 8.37. The van der Waals surface area contributed by atoms with E-state index in [2.05, 4.69) is 24.3 Å². The average molecular weight is 472 g/mol. The SMILES string of the molecule is Cc1ccc(Oc2ccc(N3C(=O)[C@H]4C5c6ccccc6C(c6ccccc65)[C@]4(C)C3=O)cc2)cc1. The van der Waals surface area contributed by atoms with E-state index in [-0.39, 0.29) is 23.7 Å². The zero-order valence-electron chi connectivity index (χ0n) is 20.1. The number of nitrogens with zero attached hydrogens (tertiary/aromatic N) is 1. The number of carbonyl (C=O) groups is 2. The zero-order valence-corrected chi connectivity index (χ0v) is 20.1. The Morgan fingerprint density at radius 2 is 1.19 bits per heavy atom. The lowest BCUT2D eigenvalue weighted by Gasteiger charge is -2.51. The van der Waals surface area contributed by atoms with Crippen LogP contribution in [0.25, 0.3) is 0 Å². The summed E-state index contributed by atoms with van der Waals surface area (Å²) in [5, 5.41) is 0. The first-order chi connectivity index (χ1) is 17.5. The molecule has 0 spiro atoms. The first-order valence-corrected chi connectivity index (χ1v) is 12.4. The minimum Gasteiger partial charge on any atom is -0.457 e. The lowest BCUT2D eigenvalue weighted by molar-refractivity contribution is -0.128. The van der Waals surface area contributed by atoms with E-state index in [1.165, 1.54) is 27.2 Å². The van der Waals surface area contributed by atoms with Gasteiger partial charge in [0.1, 0.15) is 11.5 Å². The van der Waals surface area contributed by atoms with Crippen molar-refractivity contribution in [3.05, 3.63) is 125 Å². The van der Waals surface area contributed by atoms with Crippen molar-refractivity contribution in [3.63, 3.8) is 0 Å². The molecule has 4 aromatic rings. The molecule has 1 fully saturated rings.